The lowest BCUT2D eigenvalue weighted by molar-refractivity contribution is 0.247. The molecule has 0 radical (unpaired) electrons. The number of amides is 2. The van der Waals surface area contributed by atoms with E-state index in [1.165, 1.54) is 6.07 Å². The molecule has 0 aliphatic heterocycles. The van der Waals surface area contributed by atoms with Gasteiger partial charge in [0.05, 0.1) is 17.9 Å². The van der Waals surface area contributed by atoms with Crippen molar-refractivity contribution >= 4 is 11.8 Å². The van der Waals surface area contributed by atoms with Gasteiger partial charge in [-0.1, -0.05) is 24.3 Å². The van der Waals surface area contributed by atoms with Gasteiger partial charge in [0.25, 0.3) is 0 Å². The van der Waals surface area contributed by atoms with Crippen molar-refractivity contribution in [1.29, 1.82) is 0 Å². The molecule has 1 atom stereocenters. The molecule has 0 saturated heterocycles. The molecule has 0 saturated carbocycles. The molecule has 5 rings (SSSR count). The van der Waals surface area contributed by atoms with Crippen molar-refractivity contribution in [2.75, 3.05) is 5.32 Å². The van der Waals surface area contributed by atoms with Crippen LogP contribution in [-0.2, 0) is 13.5 Å². The monoisotopic (exact) mass is 444 g/mol. The zero-order valence-corrected chi connectivity index (χ0v) is 18.5. The topological polar surface area (TPSA) is 76.8 Å². The largest absolute Gasteiger partial charge is 0.331 e. The van der Waals surface area contributed by atoms with Gasteiger partial charge < -0.3 is 5.32 Å². The van der Waals surface area contributed by atoms with Crippen LogP contribution >= 0.6 is 0 Å². The van der Waals surface area contributed by atoms with E-state index in [-0.39, 0.29) is 17.9 Å². The Hall–Kier alpha value is -3.94. The number of aryl methyl sites for hydroxylation is 2. The molecule has 1 aliphatic rings. The maximum atomic E-state index is 13.7. The minimum Gasteiger partial charge on any atom is -0.331 e. The fraction of sp³-hybridized carbons (Fsp3) is 0.240. The lowest BCUT2D eigenvalue weighted by atomic mass is 9.88. The summed E-state index contributed by atoms with van der Waals surface area (Å²) in [5.74, 6) is 0.344. The first-order valence-corrected chi connectivity index (χ1v) is 11.0. The van der Waals surface area contributed by atoms with Crippen molar-refractivity contribution in [2.45, 2.75) is 32.2 Å². The first kappa shape index (κ1) is 20.9. The number of aromatic nitrogens is 4. The molecule has 7 nitrogen and oxygen atoms in total. The maximum Gasteiger partial charge on any atom is 0.320 e. The fourth-order valence-corrected chi connectivity index (χ4v) is 4.45. The number of halogens is 1. The summed E-state index contributed by atoms with van der Waals surface area (Å²) in [7, 11) is 1.85. The van der Waals surface area contributed by atoms with E-state index in [9.17, 15) is 9.18 Å². The third kappa shape index (κ3) is 4.11. The van der Waals surface area contributed by atoms with Crippen molar-refractivity contribution in [3.63, 3.8) is 0 Å². The van der Waals surface area contributed by atoms with Crippen molar-refractivity contribution in [3.8, 4) is 16.9 Å². The van der Waals surface area contributed by atoms with Gasteiger partial charge >= 0.3 is 6.03 Å². The van der Waals surface area contributed by atoms with E-state index in [2.05, 4.69) is 15.7 Å². The first-order valence-electron chi connectivity index (χ1n) is 11.0. The molecule has 8 heteroatoms. The van der Waals surface area contributed by atoms with E-state index in [0.29, 0.717) is 5.82 Å². The molecule has 0 fully saturated rings. The molecule has 0 bridgehead atoms. The number of hydrogen-bond donors (Lipinski definition) is 2. The SMILES string of the molecule is Cc1c(-c2cnn(C)c2)nn(-c2ccccc2)c1NC(=O)N[C@H]1CCCc2cc(F)ccc21. The Morgan fingerprint density at radius 2 is 2.00 bits per heavy atom. The normalized spacial score (nSPS) is 15.2. The summed E-state index contributed by atoms with van der Waals surface area (Å²) in [4.78, 5) is 13.1. The molecule has 1 aliphatic carbocycles. The second-order valence-corrected chi connectivity index (χ2v) is 8.36. The van der Waals surface area contributed by atoms with Crippen LogP contribution in [-0.4, -0.2) is 25.6 Å². The summed E-state index contributed by atoms with van der Waals surface area (Å²) < 4.78 is 17.1. The first-order chi connectivity index (χ1) is 16.0. The Balaban J connectivity index is 1.46. The van der Waals surface area contributed by atoms with Crippen molar-refractivity contribution < 1.29 is 9.18 Å². The number of carbonyl (C=O) groups excluding carboxylic acids is 1. The molecule has 4 aromatic rings. The zero-order valence-electron chi connectivity index (χ0n) is 18.5. The molecule has 2 heterocycles. The van der Waals surface area contributed by atoms with Gasteiger partial charge in [0.2, 0.25) is 0 Å². The molecule has 2 N–H and O–H groups in total. The van der Waals surface area contributed by atoms with Crippen LogP contribution in [0.1, 0.15) is 35.6 Å². The Morgan fingerprint density at radius 3 is 2.76 bits per heavy atom. The maximum absolute atomic E-state index is 13.7. The number of carbonyl (C=O) groups is 1. The highest BCUT2D eigenvalue weighted by molar-refractivity contribution is 5.91. The van der Waals surface area contributed by atoms with Crippen LogP contribution < -0.4 is 10.6 Å². The quantitative estimate of drug-likeness (QED) is 0.469. The Morgan fingerprint density at radius 1 is 1.18 bits per heavy atom. The van der Waals surface area contributed by atoms with Gasteiger partial charge in [-0.3, -0.25) is 10.00 Å². The summed E-state index contributed by atoms with van der Waals surface area (Å²) >= 11 is 0. The number of nitrogens with zero attached hydrogens (tertiary/aromatic N) is 4. The average Bonchev–Trinajstić information content (AvgIpc) is 3.37. The lowest BCUT2D eigenvalue weighted by Crippen LogP contribution is -2.35. The summed E-state index contributed by atoms with van der Waals surface area (Å²) in [5, 5.41) is 15.1. The van der Waals surface area contributed by atoms with Gasteiger partial charge in [-0.2, -0.15) is 10.2 Å². The van der Waals surface area contributed by atoms with Crippen LogP contribution in [0.3, 0.4) is 0 Å². The lowest BCUT2D eigenvalue weighted by Gasteiger charge is -2.26. The van der Waals surface area contributed by atoms with E-state index in [1.54, 1.807) is 27.7 Å². The van der Waals surface area contributed by atoms with Gasteiger partial charge in [-0.05, 0) is 61.6 Å². The van der Waals surface area contributed by atoms with E-state index < -0.39 is 0 Å². The third-order valence-corrected chi connectivity index (χ3v) is 6.06. The van der Waals surface area contributed by atoms with E-state index in [0.717, 1.165) is 52.9 Å². The fourth-order valence-electron chi connectivity index (χ4n) is 4.45. The Bertz CT molecular complexity index is 1310. The van der Waals surface area contributed by atoms with E-state index >= 15 is 0 Å². The van der Waals surface area contributed by atoms with Crippen LogP contribution in [0, 0.1) is 12.7 Å². The van der Waals surface area contributed by atoms with Gasteiger partial charge in [-0.15, -0.1) is 0 Å². The molecule has 2 aromatic heterocycles. The van der Waals surface area contributed by atoms with Gasteiger partial charge in [0, 0.05) is 24.4 Å². The molecule has 0 spiro atoms. The summed E-state index contributed by atoms with van der Waals surface area (Å²) in [6.07, 6.45) is 6.18. The summed E-state index contributed by atoms with van der Waals surface area (Å²) in [6.45, 7) is 1.93. The molecular weight excluding hydrogens is 419 g/mol. The number of hydrogen-bond acceptors (Lipinski definition) is 3. The highest BCUT2D eigenvalue weighted by Gasteiger charge is 2.24. The van der Waals surface area contributed by atoms with E-state index in [1.807, 2.05) is 50.5 Å². The number of fused-ring (bicyclic) bond motifs is 1. The average molecular weight is 445 g/mol. The highest BCUT2D eigenvalue weighted by Crippen LogP contribution is 2.32. The summed E-state index contributed by atoms with van der Waals surface area (Å²) in [6, 6.07) is 14.0. The highest BCUT2D eigenvalue weighted by atomic mass is 19.1. The number of rotatable bonds is 4. The minimum absolute atomic E-state index is 0.166. The van der Waals surface area contributed by atoms with Gasteiger partial charge in [-0.25, -0.2) is 13.9 Å². The van der Waals surface area contributed by atoms with Crippen molar-refractivity contribution in [2.24, 2.45) is 7.05 Å². The summed E-state index contributed by atoms with van der Waals surface area (Å²) in [5.41, 5.74) is 5.23. The molecule has 2 amide bonds. The standard InChI is InChI=1S/C25H25FN6O/c1-16-23(18-14-27-31(2)15-18)30-32(20-8-4-3-5-9-20)24(16)29-25(33)28-22-10-6-7-17-13-19(26)11-12-21(17)22/h3-5,8-9,11-15,22H,6-7,10H2,1-2H3,(H2,28,29,33)/t22-/m0/s1. The minimum atomic E-state index is -0.324. The second-order valence-electron chi connectivity index (χ2n) is 8.36. The smallest absolute Gasteiger partial charge is 0.320 e. The number of anilines is 1. The Kier molecular flexibility index (Phi) is 5.42. The zero-order chi connectivity index (χ0) is 22.9. The van der Waals surface area contributed by atoms with Crippen LogP contribution in [0.2, 0.25) is 0 Å². The Labute approximate surface area is 191 Å². The number of nitrogens with one attached hydrogen (secondary N) is 2. The third-order valence-electron chi connectivity index (χ3n) is 6.06. The van der Waals surface area contributed by atoms with Crippen LogP contribution in [0.4, 0.5) is 15.0 Å². The van der Waals surface area contributed by atoms with Gasteiger partial charge in [0.1, 0.15) is 17.3 Å². The molecule has 0 unspecified atom stereocenters. The van der Waals surface area contributed by atoms with Crippen molar-refractivity contribution in [1.82, 2.24) is 24.9 Å². The molecule has 168 valence electrons. The molecule has 2 aromatic carbocycles. The van der Waals surface area contributed by atoms with Crippen molar-refractivity contribution in [3.05, 3.63) is 83.4 Å². The number of para-hydroxylation sites is 1. The molecular formula is C25H25FN6O. The number of urea groups is 1. The number of benzene rings is 2. The van der Waals surface area contributed by atoms with E-state index in [4.69, 9.17) is 5.10 Å². The van der Waals surface area contributed by atoms with Crippen LogP contribution in [0.5, 0.6) is 0 Å². The second kappa shape index (κ2) is 8.54. The molecule has 33 heavy (non-hydrogen) atoms. The predicted octanol–water partition coefficient (Wildman–Crippen LogP) is 4.92. The van der Waals surface area contributed by atoms with Crippen LogP contribution in [0.15, 0.2) is 60.9 Å². The van der Waals surface area contributed by atoms with Gasteiger partial charge in [0.15, 0.2) is 0 Å². The van der Waals surface area contributed by atoms with Crippen LogP contribution in [0.25, 0.3) is 16.9 Å². The predicted molar refractivity (Wildman–Crippen MR) is 125 cm³/mol.